The third kappa shape index (κ3) is 5.42. The number of ketones is 1. The van der Waals surface area contributed by atoms with Crippen molar-refractivity contribution in [3.8, 4) is 11.5 Å². The van der Waals surface area contributed by atoms with Gasteiger partial charge in [-0.3, -0.25) is 9.59 Å². The van der Waals surface area contributed by atoms with Crippen LogP contribution in [0.5, 0.6) is 11.5 Å². The molecule has 0 bridgehead atoms. The van der Waals surface area contributed by atoms with Crippen molar-refractivity contribution in [2.75, 3.05) is 26.9 Å². The Morgan fingerprint density at radius 2 is 1.79 bits per heavy atom. The van der Waals surface area contributed by atoms with E-state index < -0.39 is 17.7 Å². The van der Waals surface area contributed by atoms with Crippen LogP contribution in [0.1, 0.15) is 49.9 Å². The average Bonchev–Trinajstić information content (AvgIpc) is 3.07. The Hall–Kier alpha value is -3.32. The zero-order valence-corrected chi connectivity index (χ0v) is 20.5. The molecule has 2 aromatic rings. The van der Waals surface area contributed by atoms with Crippen molar-refractivity contribution >= 4 is 17.4 Å². The van der Waals surface area contributed by atoms with Gasteiger partial charge in [0.2, 0.25) is 0 Å². The SMILES string of the molecule is CCCOc1ccc(C2/C(=C(/O)c3ccc(OC(C)C)c(C)c3)C(=O)C(=O)N2CCOC)cc1. The predicted molar refractivity (Wildman–Crippen MR) is 130 cm³/mol. The molecule has 0 aromatic heterocycles. The number of aliphatic hydroxyl groups excluding tert-OH is 1. The molecule has 3 rings (SSSR count). The Morgan fingerprint density at radius 3 is 2.38 bits per heavy atom. The molecule has 34 heavy (non-hydrogen) atoms. The summed E-state index contributed by atoms with van der Waals surface area (Å²) in [7, 11) is 1.54. The van der Waals surface area contributed by atoms with E-state index in [1.54, 1.807) is 18.2 Å². The highest BCUT2D eigenvalue weighted by Gasteiger charge is 2.45. The van der Waals surface area contributed by atoms with Gasteiger partial charge in [-0.1, -0.05) is 19.1 Å². The first-order valence-electron chi connectivity index (χ1n) is 11.6. The van der Waals surface area contributed by atoms with Crippen LogP contribution in [0.2, 0.25) is 0 Å². The van der Waals surface area contributed by atoms with Crippen LogP contribution in [0.25, 0.3) is 5.76 Å². The van der Waals surface area contributed by atoms with Gasteiger partial charge in [0.25, 0.3) is 11.7 Å². The number of rotatable bonds is 10. The molecule has 1 aliphatic heterocycles. The number of ether oxygens (including phenoxy) is 3. The summed E-state index contributed by atoms with van der Waals surface area (Å²) in [6.45, 7) is 8.86. The number of benzene rings is 2. The molecule has 7 nitrogen and oxygen atoms in total. The standard InChI is InChI=1S/C27H33NO6/c1-6-14-33-21-10-7-19(8-11-21)24-23(26(30)27(31)28(24)13-15-32-5)25(29)20-9-12-22(18(4)16-20)34-17(2)3/h7-12,16-17,24,29H,6,13-15H2,1-5H3/b25-23-. The highest BCUT2D eigenvalue weighted by molar-refractivity contribution is 6.46. The minimum absolute atomic E-state index is 0.00790. The molecule has 182 valence electrons. The number of carbonyl (C=O) groups is 2. The first-order chi connectivity index (χ1) is 16.3. The molecular weight excluding hydrogens is 434 g/mol. The normalized spacial score (nSPS) is 17.5. The number of methoxy groups -OCH3 is 1. The Bertz CT molecular complexity index is 1060. The summed E-state index contributed by atoms with van der Waals surface area (Å²) in [5, 5.41) is 11.2. The first kappa shape index (κ1) is 25.3. The van der Waals surface area contributed by atoms with E-state index in [0.717, 1.165) is 12.0 Å². The van der Waals surface area contributed by atoms with Gasteiger partial charge in [0.05, 0.1) is 30.9 Å². The van der Waals surface area contributed by atoms with Gasteiger partial charge in [0, 0.05) is 19.2 Å². The smallest absolute Gasteiger partial charge is 0.295 e. The summed E-state index contributed by atoms with van der Waals surface area (Å²) >= 11 is 0. The van der Waals surface area contributed by atoms with Crippen LogP contribution >= 0.6 is 0 Å². The fourth-order valence-corrected chi connectivity index (χ4v) is 3.95. The summed E-state index contributed by atoms with van der Waals surface area (Å²) in [5.41, 5.74) is 2.03. The monoisotopic (exact) mass is 467 g/mol. The number of carbonyl (C=O) groups excluding carboxylic acids is 2. The second-order valence-electron chi connectivity index (χ2n) is 8.55. The van der Waals surface area contributed by atoms with Gasteiger partial charge in [-0.15, -0.1) is 0 Å². The van der Waals surface area contributed by atoms with E-state index in [2.05, 4.69) is 0 Å². The van der Waals surface area contributed by atoms with Crippen LogP contribution in [0.4, 0.5) is 0 Å². The minimum Gasteiger partial charge on any atom is -0.507 e. The van der Waals surface area contributed by atoms with Crippen LogP contribution < -0.4 is 9.47 Å². The van der Waals surface area contributed by atoms with Gasteiger partial charge >= 0.3 is 0 Å². The second kappa shape index (κ2) is 11.2. The Morgan fingerprint density at radius 1 is 1.09 bits per heavy atom. The lowest BCUT2D eigenvalue weighted by Crippen LogP contribution is -2.32. The van der Waals surface area contributed by atoms with Crippen LogP contribution in [0.3, 0.4) is 0 Å². The number of hydrogen-bond donors (Lipinski definition) is 1. The molecule has 1 unspecified atom stereocenters. The first-order valence-corrected chi connectivity index (χ1v) is 11.6. The number of nitrogens with zero attached hydrogens (tertiary/aromatic N) is 1. The quantitative estimate of drug-likeness (QED) is 0.311. The van der Waals surface area contributed by atoms with Crippen molar-refractivity contribution in [2.45, 2.75) is 46.3 Å². The molecular formula is C27H33NO6. The number of likely N-dealkylation sites (tertiary alicyclic amines) is 1. The van der Waals surface area contributed by atoms with Gasteiger partial charge in [-0.25, -0.2) is 0 Å². The third-order valence-electron chi connectivity index (χ3n) is 5.56. The van der Waals surface area contributed by atoms with Crippen molar-refractivity contribution in [2.24, 2.45) is 0 Å². The van der Waals surface area contributed by atoms with Gasteiger partial charge in [0.1, 0.15) is 17.3 Å². The van der Waals surface area contributed by atoms with E-state index in [1.165, 1.54) is 12.0 Å². The maximum Gasteiger partial charge on any atom is 0.295 e. The second-order valence-corrected chi connectivity index (χ2v) is 8.55. The minimum atomic E-state index is -0.734. The summed E-state index contributed by atoms with van der Waals surface area (Å²) in [6.07, 6.45) is 0.896. The molecule has 0 radical (unpaired) electrons. The van der Waals surface area contributed by atoms with Gasteiger partial charge in [-0.2, -0.15) is 0 Å². The highest BCUT2D eigenvalue weighted by atomic mass is 16.5. The number of aryl methyl sites for hydroxylation is 1. The van der Waals surface area contributed by atoms with E-state index in [4.69, 9.17) is 14.2 Å². The van der Waals surface area contributed by atoms with Crippen LogP contribution in [-0.2, 0) is 14.3 Å². The van der Waals surface area contributed by atoms with Crippen molar-refractivity contribution in [3.05, 3.63) is 64.7 Å². The van der Waals surface area contributed by atoms with Crippen molar-refractivity contribution in [1.82, 2.24) is 4.90 Å². The number of aliphatic hydroxyl groups is 1. The van der Waals surface area contributed by atoms with Gasteiger partial charge < -0.3 is 24.2 Å². The Balaban J connectivity index is 2.06. The molecule has 0 spiro atoms. The lowest BCUT2D eigenvalue weighted by atomic mass is 9.94. The van der Waals surface area contributed by atoms with Gasteiger partial charge in [0.15, 0.2) is 0 Å². The van der Waals surface area contributed by atoms with Crippen molar-refractivity contribution in [1.29, 1.82) is 0 Å². The maximum absolute atomic E-state index is 13.1. The molecule has 1 amide bonds. The van der Waals surface area contributed by atoms with Crippen LogP contribution in [0, 0.1) is 6.92 Å². The van der Waals surface area contributed by atoms with Crippen LogP contribution in [0.15, 0.2) is 48.0 Å². The largest absolute Gasteiger partial charge is 0.507 e. The Labute approximate surface area is 200 Å². The fraction of sp³-hybridized carbons (Fsp3) is 0.407. The van der Waals surface area contributed by atoms with Crippen molar-refractivity contribution < 1.29 is 28.9 Å². The lowest BCUT2D eigenvalue weighted by Gasteiger charge is -2.25. The summed E-state index contributed by atoms with van der Waals surface area (Å²) in [5.74, 6) is -0.188. The summed E-state index contributed by atoms with van der Waals surface area (Å²) in [4.78, 5) is 27.5. The number of hydrogen-bond acceptors (Lipinski definition) is 6. The number of amides is 1. The van der Waals surface area contributed by atoms with Crippen LogP contribution in [-0.4, -0.2) is 54.7 Å². The molecule has 1 atom stereocenters. The summed E-state index contributed by atoms with van der Waals surface area (Å²) in [6, 6.07) is 11.7. The third-order valence-corrected chi connectivity index (χ3v) is 5.56. The number of Topliss-reactive ketones (excluding diaryl/α,β-unsaturated/α-hetero) is 1. The molecule has 0 aliphatic carbocycles. The zero-order valence-electron chi connectivity index (χ0n) is 20.5. The lowest BCUT2D eigenvalue weighted by molar-refractivity contribution is -0.140. The van der Waals surface area contributed by atoms with E-state index in [0.29, 0.717) is 29.2 Å². The van der Waals surface area contributed by atoms with E-state index in [1.807, 2.05) is 52.0 Å². The molecule has 0 saturated carbocycles. The van der Waals surface area contributed by atoms with E-state index >= 15 is 0 Å². The van der Waals surface area contributed by atoms with Gasteiger partial charge in [-0.05, 0) is 68.7 Å². The topological polar surface area (TPSA) is 85.3 Å². The Kier molecular flexibility index (Phi) is 8.34. The molecule has 1 fully saturated rings. The van der Waals surface area contributed by atoms with Crippen molar-refractivity contribution in [3.63, 3.8) is 0 Å². The highest BCUT2D eigenvalue weighted by Crippen LogP contribution is 2.40. The molecule has 7 heteroatoms. The molecule has 1 N–H and O–H groups in total. The molecule has 1 aliphatic rings. The zero-order chi connectivity index (χ0) is 24.8. The van der Waals surface area contributed by atoms with E-state index in [-0.39, 0.29) is 30.6 Å². The fourth-order valence-electron chi connectivity index (χ4n) is 3.95. The molecule has 2 aromatic carbocycles. The molecule has 1 saturated heterocycles. The average molecular weight is 468 g/mol. The maximum atomic E-state index is 13.1. The molecule has 1 heterocycles. The summed E-state index contributed by atoms with van der Waals surface area (Å²) < 4.78 is 16.6. The predicted octanol–water partition coefficient (Wildman–Crippen LogP) is 4.64. The van der Waals surface area contributed by atoms with E-state index in [9.17, 15) is 14.7 Å².